The van der Waals surface area contributed by atoms with Gasteiger partial charge in [0.05, 0.1) is 11.1 Å². The van der Waals surface area contributed by atoms with Gasteiger partial charge in [0.25, 0.3) is 5.91 Å². The highest BCUT2D eigenvalue weighted by Crippen LogP contribution is 2.31. The molecule has 0 spiro atoms. The van der Waals surface area contributed by atoms with Crippen LogP contribution in [0.3, 0.4) is 0 Å². The first kappa shape index (κ1) is 24.3. The smallest absolute Gasteiger partial charge is 0.352 e. The molecule has 0 saturated heterocycles. The van der Waals surface area contributed by atoms with E-state index >= 15 is 0 Å². The van der Waals surface area contributed by atoms with E-state index in [-0.39, 0.29) is 16.6 Å². The van der Waals surface area contributed by atoms with Crippen LogP contribution in [-0.2, 0) is 12.6 Å². The highest BCUT2D eigenvalue weighted by Gasteiger charge is 2.30. The third-order valence-corrected chi connectivity index (χ3v) is 5.77. The molecular formula is C23H29F3N2OS. The van der Waals surface area contributed by atoms with Crippen LogP contribution in [0.1, 0.15) is 62.0 Å². The normalized spacial score (nSPS) is 13.2. The summed E-state index contributed by atoms with van der Waals surface area (Å²) in [6, 6.07) is 8.92. The first-order valence-electron chi connectivity index (χ1n) is 10.0. The van der Waals surface area contributed by atoms with Gasteiger partial charge >= 0.3 is 6.18 Å². The Bertz CT molecular complexity index is 847. The molecule has 1 atom stereocenters. The SMILES string of the molecule is CC(CCc1cccc(C(F)(F)F)c1)Sc1ncccc1C(=O)NCCC(C)(C)C. The number of benzene rings is 1. The van der Waals surface area contributed by atoms with Gasteiger partial charge in [0.2, 0.25) is 0 Å². The predicted octanol–water partition coefficient (Wildman–Crippen LogP) is 6.38. The topological polar surface area (TPSA) is 42.0 Å². The van der Waals surface area contributed by atoms with Gasteiger partial charge in [0.1, 0.15) is 5.03 Å². The zero-order valence-electron chi connectivity index (χ0n) is 17.8. The van der Waals surface area contributed by atoms with Gasteiger partial charge in [-0.3, -0.25) is 4.79 Å². The summed E-state index contributed by atoms with van der Waals surface area (Å²) < 4.78 is 38.6. The summed E-state index contributed by atoms with van der Waals surface area (Å²) in [5.41, 5.74) is 0.692. The molecule has 1 aromatic carbocycles. The number of amides is 1. The maximum Gasteiger partial charge on any atom is 0.416 e. The first-order chi connectivity index (χ1) is 14.0. The fourth-order valence-corrected chi connectivity index (χ4v) is 3.85. The molecule has 0 fully saturated rings. The lowest BCUT2D eigenvalue weighted by Crippen LogP contribution is -2.28. The molecule has 1 heterocycles. The number of aryl methyl sites for hydroxylation is 1. The Kier molecular flexibility index (Phi) is 8.35. The Morgan fingerprint density at radius 1 is 1.17 bits per heavy atom. The summed E-state index contributed by atoms with van der Waals surface area (Å²) in [6.07, 6.45) is -0.617. The number of rotatable bonds is 8. The number of nitrogens with zero attached hydrogens (tertiary/aromatic N) is 1. The number of carbonyl (C=O) groups is 1. The molecule has 0 aliphatic rings. The monoisotopic (exact) mass is 438 g/mol. The van der Waals surface area contributed by atoms with E-state index in [2.05, 4.69) is 31.1 Å². The van der Waals surface area contributed by atoms with E-state index in [1.54, 1.807) is 24.4 Å². The molecule has 1 amide bonds. The van der Waals surface area contributed by atoms with Gasteiger partial charge in [-0.25, -0.2) is 4.98 Å². The summed E-state index contributed by atoms with van der Waals surface area (Å²) >= 11 is 1.47. The van der Waals surface area contributed by atoms with E-state index in [1.807, 2.05) is 6.92 Å². The maximum atomic E-state index is 12.9. The van der Waals surface area contributed by atoms with Crippen LogP contribution in [0.25, 0.3) is 0 Å². The lowest BCUT2D eigenvalue weighted by atomic mass is 9.92. The van der Waals surface area contributed by atoms with E-state index in [4.69, 9.17) is 0 Å². The van der Waals surface area contributed by atoms with E-state index in [1.165, 1.54) is 23.9 Å². The Hall–Kier alpha value is -2.02. The van der Waals surface area contributed by atoms with Gasteiger partial charge in [-0.1, -0.05) is 45.9 Å². The van der Waals surface area contributed by atoms with Gasteiger partial charge in [-0.15, -0.1) is 11.8 Å². The number of halogens is 3. The Morgan fingerprint density at radius 2 is 1.90 bits per heavy atom. The van der Waals surface area contributed by atoms with Crippen molar-refractivity contribution in [1.82, 2.24) is 10.3 Å². The van der Waals surface area contributed by atoms with Gasteiger partial charge in [-0.2, -0.15) is 13.2 Å². The maximum absolute atomic E-state index is 12.9. The molecule has 7 heteroatoms. The van der Waals surface area contributed by atoms with Crippen molar-refractivity contribution >= 4 is 17.7 Å². The van der Waals surface area contributed by atoms with Gasteiger partial charge in [-0.05, 0) is 48.4 Å². The molecule has 0 bridgehead atoms. The lowest BCUT2D eigenvalue weighted by Gasteiger charge is -2.18. The number of alkyl halides is 3. The van der Waals surface area contributed by atoms with Crippen molar-refractivity contribution in [2.75, 3.05) is 6.54 Å². The Labute approximate surface area is 180 Å². The molecule has 1 N–H and O–H groups in total. The molecule has 0 saturated carbocycles. The van der Waals surface area contributed by atoms with Crippen LogP contribution in [-0.4, -0.2) is 22.7 Å². The first-order valence-corrected chi connectivity index (χ1v) is 10.9. The van der Waals surface area contributed by atoms with E-state index < -0.39 is 11.7 Å². The Balaban J connectivity index is 1.96. The minimum Gasteiger partial charge on any atom is -0.352 e. The average molecular weight is 439 g/mol. The zero-order chi connectivity index (χ0) is 22.4. The molecule has 1 aromatic heterocycles. The second kappa shape index (κ2) is 10.3. The summed E-state index contributed by atoms with van der Waals surface area (Å²) in [4.78, 5) is 16.9. The van der Waals surface area contributed by atoms with Crippen LogP contribution in [0.2, 0.25) is 0 Å². The molecule has 3 nitrogen and oxygen atoms in total. The van der Waals surface area contributed by atoms with E-state index in [0.29, 0.717) is 35.5 Å². The van der Waals surface area contributed by atoms with Crippen molar-refractivity contribution in [2.45, 2.75) is 63.4 Å². The van der Waals surface area contributed by atoms with Gasteiger partial charge in [0.15, 0.2) is 0 Å². The minimum atomic E-state index is -4.33. The number of thioether (sulfide) groups is 1. The third kappa shape index (κ3) is 8.01. The molecular weight excluding hydrogens is 409 g/mol. The molecule has 2 rings (SSSR count). The largest absolute Gasteiger partial charge is 0.416 e. The molecule has 164 valence electrons. The highest BCUT2D eigenvalue weighted by atomic mass is 32.2. The fourth-order valence-electron chi connectivity index (χ4n) is 2.83. The number of pyridine rings is 1. The number of carbonyl (C=O) groups excluding carboxylic acids is 1. The second-order valence-electron chi connectivity index (χ2n) is 8.59. The number of aromatic nitrogens is 1. The number of hydrogen-bond acceptors (Lipinski definition) is 3. The molecule has 1 unspecified atom stereocenters. The standard InChI is InChI=1S/C23H29F3N2OS/c1-16(10-11-17-7-5-8-18(15-17)23(24,25)26)30-21-19(9-6-13-28-21)20(29)27-14-12-22(2,3)4/h5-9,13,15-16H,10-12,14H2,1-4H3,(H,27,29). The third-order valence-electron chi connectivity index (χ3n) is 4.58. The fraction of sp³-hybridized carbons (Fsp3) is 0.478. The van der Waals surface area contributed by atoms with Crippen LogP contribution < -0.4 is 5.32 Å². The summed E-state index contributed by atoms with van der Waals surface area (Å²) in [5, 5.41) is 3.68. The second-order valence-corrected chi connectivity index (χ2v) is 10.0. The average Bonchev–Trinajstić information content (AvgIpc) is 2.65. The predicted molar refractivity (Wildman–Crippen MR) is 116 cm³/mol. The molecule has 0 aliphatic carbocycles. The van der Waals surface area contributed by atoms with Crippen LogP contribution in [0.4, 0.5) is 13.2 Å². The van der Waals surface area contributed by atoms with E-state index in [9.17, 15) is 18.0 Å². The summed E-state index contributed by atoms with van der Waals surface area (Å²) in [5.74, 6) is -0.153. The minimum absolute atomic E-state index is 0.0931. The van der Waals surface area contributed by atoms with Crippen LogP contribution in [0.15, 0.2) is 47.6 Å². The summed E-state index contributed by atoms with van der Waals surface area (Å²) in [7, 11) is 0. The quantitative estimate of drug-likeness (QED) is 0.486. The van der Waals surface area contributed by atoms with Crippen molar-refractivity contribution in [3.8, 4) is 0 Å². The van der Waals surface area contributed by atoms with Crippen molar-refractivity contribution in [3.63, 3.8) is 0 Å². The van der Waals surface area contributed by atoms with Crippen molar-refractivity contribution in [3.05, 3.63) is 59.3 Å². The van der Waals surface area contributed by atoms with E-state index in [0.717, 1.165) is 12.5 Å². The van der Waals surface area contributed by atoms with Crippen molar-refractivity contribution < 1.29 is 18.0 Å². The highest BCUT2D eigenvalue weighted by molar-refractivity contribution is 7.99. The number of nitrogens with one attached hydrogen (secondary N) is 1. The van der Waals surface area contributed by atoms with Crippen LogP contribution >= 0.6 is 11.8 Å². The number of hydrogen-bond donors (Lipinski definition) is 1. The molecule has 0 radical (unpaired) electrons. The van der Waals surface area contributed by atoms with Crippen molar-refractivity contribution in [2.24, 2.45) is 5.41 Å². The molecule has 30 heavy (non-hydrogen) atoms. The van der Waals surface area contributed by atoms with Crippen LogP contribution in [0.5, 0.6) is 0 Å². The van der Waals surface area contributed by atoms with Gasteiger partial charge in [0, 0.05) is 18.0 Å². The van der Waals surface area contributed by atoms with Gasteiger partial charge < -0.3 is 5.32 Å². The van der Waals surface area contributed by atoms with Crippen molar-refractivity contribution in [1.29, 1.82) is 0 Å². The molecule has 2 aromatic rings. The molecule has 0 aliphatic heterocycles. The zero-order valence-corrected chi connectivity index (χ0v) is 18.7. The van der Waals surface area contributed by atoms with Crippen LogP contribution in [0, 0.1) is 5.41 Å². The Morgan fingerprint density at radius 3 is 2.57 bits per heavy atom. The summed E-state index contributed by atoms with van der Waals surface area (Å²) in [6.45, 7) is 8.95. The lowest BCUT2D eigenvalue weighted by molar-refractivity contribution is -0.137.